The Morgan fingerprint density at radius 1 is 1.05 bits per heavy atom. The van der Waals surface area contributed by atoms with Crippen LogP contribution in [-0.4, -0.2) is 25.3 Å². The second kappa shape index (κ2) is 5.28. The molecule has 5 heteroatoms. The van der Waals surface area contributed by atoms with E-state index in [1.807, 2.05) is 19.1 Å². The number of benzene rings is 2. The van der Waals surface area contributed by atoms with Crippen LogP contribution in [0, 0.1) is 6.92 Å². The van der Waals surface area contributed by atoms with Crippen LogP contribution in [0.4, 0.5) is 0 Å². The quantitative estimate of drug-likeness (QED) is 0.689. The fraction of sp³-hybridized carbons (Fsp3) is 0.267. The minimum Gasteiger partial charge on any atom is -0.504 e. The zero-order valence-electron chi connectivity index (χ0n) is 11.8. The van der Waals surface area contributed by atoms with Crippen molar-refractivity contribution >= 4 is 16.7 Å². The van der Waals surface area contributed by atoms with E-state index in [-0.39, 0.29) is 23.0 Å². The number of esters is 1. The SMILES string of the molecule is COc1c(OC)c(OC(C)=O)c2cc(C)ccc2c1O. The minimum absolute atomic E-state index is 0.0461. The molecular weight excluding hydrogens is 260 g/mol. The molecule has 0 bridgehead atoms. The summed E-state index contributed by atoms with van der Waals surface area (Å²) in [5.74, 6) is 0.0563. The highest BCUT2D eigenvalue weighted by atomic mass is 16.6. The lowest BCUT2D eigenvalue weighted by Gasteiger charge is -2.17. The average Bonchev–Trinajstić information content (AvgIpc) is 2.40. The largest absolute Gasteiger partial charge is 0.504 e. The molecule has 2 aromatic rings. The number of fused-ring (bicyclic) bond motifs is 1. The number of carbonyl (C=O) groups excluding carboxylic acids is 1. The fourth-order valence-corrected chi connectivity index (χ4v) is 2.13. The third-order valence-electron chi connectivity index (χ3n) is 2.96. The fourth-order valence-electron chi connectivity index (χ4n) is 2.13. The first-order chi connectivity index (χ1) is 9.49. The van der Waals surface area contributed by atoms with Crippen molar-refractivity contribution < 1.29 is 24.1 Å². The van der Waals surface area contributed by atoms with Gasteiger partial charge in [-0.05, 0) is 13.0 Å². The summed E-state index contributed by atoms with van der Waals surface area (Å²) in [6.45, 7) is 3.21. The van der Waals surface area contributed by atoms with Crippen molar-refractivity contribution in [3.8, 4) is 23.0 Å². The molecule has 0 fully saturated rings. The highest BCUT2D eigenvalue weighted by Gasteiger charge is 2.23. The summed E-state index contributed by atoms with van der Waals surface area (Å²) < 4.78 is 15.6. The topological polar surface area (TPSA) is 65.0 Å². The lowest BCUT2D eigenvalue weighted by atomic mass is 10.0. The predicted octanol–water partition coefficient (Wildman–Crippen LogP) is 2.80. The Morgan fingerprint density at radius 3 is 2.25 bits per heavy atom. The minimum atomic E-state index is -0.473. The van der Waals surface area contributed by atoms with Crippen molar-refractivity contribution in [3.63, 3.8) is 0 Å². The maximum atomic E-state index is 11.3. The number of hydrogen-bond donors (Lipinski definition) is 1. The van der Waals surface area contributed by atoms with Crippen LogP contribution in [0.25, 0.3) is 10.8 Å². The van der Waals surface area contributed by atoms with Gasteiger partial charge in [0.25, 0.3) is 0 Å². The average molecular weight is 276 g/mol. The van der Waals surface area contributed by atoms with Crippen LogP contribution in [0.2, 0.25) is 0 Å². The number of aryl methyl sites for hydroxylation is 1. The number of phenolic OH excluding ortho intramolecular Hbond substituents is 1. The number of ether oxygens (including phenoxy) is 3. The van der Waals surface area contributed by atoms with E-state index in [0.717, 1.165) is 5.56 Å². The maximum Gasteiger partial charge on any atom is 0.308 e. The number of phenols is 1. The van der Waals surface area contributed by atoms with Crippen LogP contribution < -0.4 is 14.2 Å². The number of rotatable bonds is 3. The molecule has 2 aromatic carbocycles. The van der Waals surface area contributed by atoms with E-state index in [0.29, 0.717) is 10.8 Å². The molecule has 0 radical (unpaired) electrons. The lowest BCUT2D eigenvalue weighted by Crippen LogP contribution is -2.05. The Hall–Kier alpha value is -2.43. The van der Waals surface area contributed by atoms with E-state index in [4.69, 9.17) is 14.2 Å². The van der Waals surface area contributed by atoms with Gasteiger partial charge in [0, 0.05) is 17.7 Å². The molecule has 0 aromatic heterocycles. The Kier molecular flexibility index (Phi) is 3.70. The van der Waals surface area contributed by atoms with E-state index in [1.54, 1.807) is 6.07 Å². The Labute approximate surface area is 116 Å². The standard InChI is InChI=1S/C15H16O5/c1-8-5-6-10-11(7-8)13(20-9(2)16)15(19-4)14(18-3)12(10)17/h5-7,17H,1-4H3. The highest BCUT2D eigenvalue weighted by molar-refractivity contribution is 6.00. The second-order valence-corrected chi connectivity index (χ2v) is 4.39. The van der Waals surface area contributed by atoms with Crippen molar-refractivity contribution in [1.82, 2.24) is 0 Å². The summed E-state index contributed by atoms with van der Waals surface area (Å²) in [6, 6.07) is 5.41. The molecule has 0 aliphatic rings. The summed E-state index contributed by atoms with van der Waals surface area (Å²) >= 11 is 0. The van der Waals surface area contributed by atoms with Crippen LogP contribution in [-0.2, 0) is 4.79 Å². The zero-order chi connectivity index (χ0) is 14.9. The zero-order valence-corrected chi connectivity index (χ0v) is 11.8. The van der Waals surface area contributed by atoms with Crippen molar-refractivity contribution in [2.45, 2.75) is 13.8 Å². The molecule has 0 saturated heterocycles. The molecule has 20 heavy (non-hydrogen) atoms. The smallest absolute Gasteiger partial charge is 0.308 e. The first-order valence-electron chi connectivity index (χ1n) is 6.05. The number of methoxy groups -OCH3 is 2. The van der Waals surface area contributed by atoms with Gasteiger partial charge in [-0.25, -0.2) is 0 Å². The van der Waals surface area contributed by atoms with Gasteiger partial charge in [0.05, 0.1) is 14.2 Å². The number of hydrogen-bond acceptors (Lipinski definition) is 5. The van der Waals surface area contributed by atoms with Gasteiger partial charge in [-0.2, -0.15) is 0 Å². The molecule has 0 aliphatic carbocycles. The Balaban J connectivity index is 2.91. The molecule has 0 saturated carbocycles. The molecule has 2 rings (SSSR count). The molecule has 0 unspecified atom stereocenters. The second-order valence-electron chi connectivity index (χ2n) is 4.39. The van der Waals surface area contributed by atoms with Crippen LogP contribution in [0.1, 0.15) is 12.5 Å². The van der Waals surface area contributed by atoms with Gasteiger partial charge >= 0.3 is 5.97 Å². The van der Waals surface area contributed by atoms with Gasteiger partial charge in [0.15, 0.2) is 11.5 Å². The molecule has 0 atom stereocenters. The molecule has 0 amide bonds. The van der Waals surface area contributed by atoms with E-state index >= 15 is 0 Å². The number of carbonyl (C=O) groups is 1. The van der Waals surface area contributed by atoms with Gasteiger partial charge in [-0.15, -0.1) is 0 Å². The van der Waals surface area contributed by atoms with Gasteiger partial charge in [0.2, 0.25) is 11.5 Å². The first-order valence-corrected chi connectivity index (χ1v) is 6.05. The molecule has 0 spiro atoms. The summed E-state index contributed by atoms with van der Waals surface area (Å²) in [6.07, 6.45) is 0. The van der Waals surface area contributed by atoms with E-state index in [9.17, 15) is 9.90 Å². The molecule has 106 valence electrons. The van der Waals surface area contributed by atoms with Crippen molar-refractivity contribution in [2.24, 2.45) is 0 Å². The van der Waals surface area contributed by atoms with Gasteiger partial charge < -0.3 is 19.3 Å². The molecule has 0 heterocycles. The summed E-state index contributed by atoms with van der Waals surface area (Å²) in [5, 5.41) is 11.4. The van der Waals surface area contributed by atoms with Crippen LogP contribution >= 0.6 is 0 Å². The van der Waals surface area contributed by atoms with Crippen LogP contribution in [0.15, 0.2) is 18.2 Å². The summed E-state index contributed by atoms with van der Waals surface area (Å²) in [7, 11) is 2.83. The van der Waals surface area contributed by atoms with Crippen LogP contribution in [0.3, 0.4) is 0 Å². The molecule has 5 nitrogen and oxygen atoms in total. The van der Waals surface area contributed by atoms with E-state index < -0.39 is 5.97 Å². The first kappa shape index (κ1) is 14.0. The monoisotopic (exact) mass is 276 g/mol. The third kappa shape index (κ3) is 2.22. The van der Waals surface area contributed by atoms with Crippen molar-refractivity contribution in [2.75, 3.05) is 14.2 Å². The van der Waals surface area contributed by atoms with Crippen molar-refractivity contribution in [3.05, 3.63) is 23.8 Å². The normalized spacial score (nSPS) is 10.4. The van der Waals surface area contributed by atoms with E-state index in [2.05, 4.69) is 0 Å². The third-order valence-corrected chi connectivity index (χ3v) is 2.96. The summed E-state index contributed by atoms with van der Waals surface area (Å²) in [4.78, 5) is 11.3. The number of aromatic hydroxyl groups is 1. The maximum absolute atomic E-state index is 11.3. The molecule has 0 aliphatic heterocycles. The lowest BCUT2D eigenvalue weighted by molar-refractivity contribution is -0.131. The van der Waals surface area contributed by atoms with E-state index in [1.165, 1.54) is 21.1 Å². The Bertz CT molecular complexity index is 676. The predicted molar refractivity (Wildman–Crippen MR) is 74.8 cm³/mol. The van der Waals surface area contributed by atoms with Crippen LogP contribution in [0.5, 0.6) is 23.0 Å². The summed E-state index contributed by atoms with van der Waals surface area (Å²) in [5.41, 5.74) is 0.970. The highest BCUT2D eigenvalue weighted by Crippen LogP contribution is 2.50. The molecular formula is C15H16O5. The molecule has 1 N–H and O–H groups in total. The van der Waals surface area contributed by atoms with Gasteiger partial charge in [-0.1, -0.05) is 17.7 Å². The van der Waals surface area contributed by atoms with Crippen molar-refractivity contribution in [1.29, 1.82) is 0 Å². The Morgan fingerprint density at radius 2 is 1.70 bits per heavy atom. The van der Waals surface area contributed by atoms with Gasteiger partial charge in [0.1, 0.15) is 0 Å². The van der Waals surface area contributed by atoms with Gasteiger partial charge in [-0.3, -0.25) is 4.79 Å².